The van der Waals surface area contributed by atoms with Crippen molar-refractivity contribution in [2.75, 3.05) is 6.61 Å². The molecule has 0 aliphatic rings. The molecule has 0 saturated carbocycles. The predicted octanol–water partition coefficient (Wildman–Crippen LogP) is 2.41. The molecule has 4 nitrogen and oxygen atoms in total. The molecule has 0 aliphatic carbocycles. The minimum Gasteiger partial charge on any atom is -0.466 e. The summed E-state index contributed by atoms with van der Waals surface area (Å²) < 4.78 is 30.1. The minimum absolute atomic E-state index is 0.177. The molecule has 0 radical (unpaired) electrons. The van der Waals surface area contributed by atoms with Crippen molar-refractivity contribution >= 4 is 12.3 Å². The highest BCUT2D eigenvalue weighted by atomic mass is 19.3. The number of carbonyl (C=O) groups excluding carboxylic acids is 2. The van der Waals surface area contributed by atoms with Crippen LogP contribution in [0.1, 0.15) is 40.4 Å². The van der Waals surface area contributed by atoms with Crippen LogP contribution in [0.4, 0.5) is 8.78 Å². The number of hydrogen-bond donors (Lipinski definition) is 0. The quantitative estimate of drug-likeness (QED) is 0.607. The zero-order chi connectivity index (χ0) is 14.4. The van der Waals surface area contributed by atoms with Crippen LogP contribution >= 0.6 is 0 Å². The van der Waals surface area contributed by atoms with Crippen LogP contribution in [0.5, 0.6) is 0 Å². The maximum atomic E-state index is 12.7. The summed E-state index contributed by atoms with van der Waals surface area (Å²) in [4.78, 5) is 22.2. The van der Waals surface area contributed by atoms with E-state index in [4.69, 9.17) is 10.00 Å². The Bertz CT molecular complexity index is 535. The van der Waals surface area contributed by atoms with Gasteiger partial charge in [-0.2, -0.15) is 5.26 Å². The summed E-state index contributed by atoms with van der Waals surface area (Å²) in [5, 5.41) is 8.97. The molecule has 0 atom stereocenters. The maximum absolute atomic E-state index is 12.7. The van der Waals surface area contributed by atoms with Crippen LogP contribution in [0.25, 0.3) is 0 Å². The van der Waals surface area contributed by atoms with Crippen molar-refractivity contribution in [3.8, 4) is 6.07 Å². The summed E-state index contributed by atoms with van der Waals surface area (Å²) in [6.07, 6.45) is -2.89. The average molecular weight is 267 g/mol. The van der Waals surface area contributed by atoms with E-state index in [1.807, 2.05) is 0 Å². The fourth-order valence-corrected chi connectivity index (χ4v) is 1.64. The van der Waals surface area contributed by atoms with Crippen molar-refractivity contribution < 1.29 is 23.1 Å². The smallest absolute Gasteiger partial charge is 0.310 e. The van der Waals surface area contributed by atoms with Crippen LogP contribution in [0.3, 0.4) is 0 Å². The maximum Gasteiger partial charge on any atom is 0.310 e. The topological polar surface area (TPSA) is 67.2 Å². The molecule has 6 heteroatoms. The number of rotatable bonds is 5. The summed E-state index contributed by atoms with van der Waals surface area (Å²) in [7, 11) is 0. The number of benzene rings is 1. The molecular weight excluding hydrogens is 256 g/mol. The van der Waals surface area contributed by atoms with Crippen LogP contribution in [0.2, 0.25) is 0 Å². The molecule has 0 fully saturated rings. The summed E-state index contributed by atoms with van der Waals surface area (Å²) >= 11 is 0. The number of carbonyl (C=O) groups is 2. The van der Waals surface area contributed by atoms with Gasteiger partial charge in [0.25, 0.3) is 6.43 Å². The molecule has 0 unspecified atom stereocenters. The molecule has 1 aromatic carbocycles. The molecule has 0 aromatic heterocycles. The summed E-state index contributed by atoms with van der Waals surface area (Å²) in [5.41, 5.74) is -0.897. The first-order chi connectivity index (χ1) is 9.04. The van der Waals surface area contributed by atoms with Crippen LogP contribution in [0, 0.1) is 11.3 Å². The van der Waals surface area contributed by atoms with Crippen LogP contribution in [0.15, 0.2) is 12.1 Å². The molecule has 0 saturated heterocycles. The lowest BCUT2D eigenvalue weighted by atomic mass is 9.96. The molecule has 1 rings (SSSR count). The van der Waals surface area contributed by atoms with Gasteiger partial charge in [0.05, 0.1) is 18.6 Å². The van der Waals surface area contributed by atoms with Crippen molar-refractivity contribution in [2.45, 2.75) is 19.8 Å². The highest BCUT2D eigenvalue weighted by Gasteiger charge is 2.20. The average Bonchev–Trinajstić information content (AvgIpc) is 2.37. The van der Waals surface area contributed by atoms with Gasteiger partial charge in [0.15, 0.2) is 6.29 Å². The first kappa shape index (κ1) is 14.8. The molecule has 100 valence electrons. The van der Waals surface area contributed by atoms with Gasteiger partial charge in [0, 0.05) is 11.1 Å². The second kappa shape index (κ2) is 6.59. The third-order valence-corrected chi connectivity index (χ3v) is 2.47. The van der Waals surface area contributed by atoms with Crippen molar-refractivity contribution in [2.24, 2.45) is 0 Å². The number of aldehydes is 1. The first-order valence-electron chi connectivity index (χ1n) is 5.49. The van der Waals surface area contributed by atoms with E-state index in [1.54, 1.807) is 13.0 Å². The fourth-order valence-electron chi connectivity index (χ4n) is 1.64. The number of nitrogens with zero attached hydrogens (tertiary/aromatic N) is 1. The zero-order valence-corrected chi connectivity index (χ0v) is 10.2. The Morgan fingerprint density at radius 1 is 1.53 bits per heavy atom. The molecule has 0 aliphatic heterocycles. The van der Waals surface area contributed by atoms with E-state index in [9.17, 15) is 18.4 Å². The molecule has 0 amide bonds. The first-order valence-corrected chi connectivity index (χ1v) is 5.49. The number of hydrogen-bond acceptors (Lipinski definition) is 4. The third-order valence-electron chi connectivity index (χ3n) is 2.47. The molecule has 1 aromatic rings. The highest BCUT2D eigenvalue weighted by molar-refractivity contribution is 5.84. The monoisotopic (exact) mass is 267 g/mol. The normalized spacial score (nSPS) is 10.1. The molecule has 0 heterocycles. The summed E-state index contributed by atoms with van der Waals surface area (Å²) in [6.45, 7) is 1.80. The fraction of sp³-hybridized carbons (Fsp3) is 0.308. The number of alkyl halides is 2. The lowest BCUT2D eigenvalue weighted by Gasteiger charge is -2.10. The SMILES string of the molecule is CCOC(=O)Cc1ccc(C(F)F)c(C=O)c1C#N. The highest BCUT2D eigenvalue weighted by Crippen LogP contribution is 2.26. The Balaban J connectivity index is 3.25. The third kappa shape index (κ3) is 3.35. The van der Waals surface area contributed by atoms with Crippen molar-refractivity contribution in [3.63, 3.8) is 0 Å². The van der Waals surface area contributed by atoms with Crippen molar-refractivity contribution in [1.82, 2.24) is 0 Å². The molecular formula is C13H11F2NO3. The Kier molecular flexibility index (Phi) is 5.12. The lowest BCUT2D eigenvalue weighted by Crippen LogP contribution is -2.10. The van der Waals surface area contributed by atoms with Gasteiger partial charge in [-0.1, -0.05) is 12.1 Å². The number of esters is 1. The van der Waals surface area contributed by atoms with E-state index in [0.29, 0.717) is 0 Å². The lowest BCUT2D eigenvalue weighted by molar-refractivity contribution is -0.142. The van der Waals surface area contributed by atoms with E-state index >= 15 is 0 Å². The Labute approximate surface area is 108 Å². The Morgan fingerprint density at radius 3 is 2.68 bits per heavy atom. The zero-order valence-electron chi connectivity index (χ0n) is 10.2. The number of nitriles is 1. The Morgan fingerprint density at radius 2 is 2.21 bits per heavy atom. The molecule has 0 bridgehead atoms. The molecule has 0 spiro atoms. The number of halogens is 2. The van der Waals surface area contributed by atoms with Crippen LogP contribution in [-0.4, -0.2) is 18.9 Å². The second-order valence-electron chi connectivity index (χ2n) is 3.61. The van der Waals surface area contributed by atoms with Crippen molar-refractivity contribution in [3.05, 3.63) is 34.4 Å². The Hall–Kier alpha value is -2.29. The van der Waals surface area contributed by atoms with Gasteiger partial charge < -0.3 is 4.74 Å². The van der Waals surface area contributed by atoms with E-state index in [0.717, 1.165) is 6.07 Å². The van der Waals surface area contributed by atoms with Gasteiger partial charge in [-0.3, -0.25) is 9.59 Å². The van der Waals surface area contributed by atoms with E-state index in [1.165, 1.54) is 6.07 Å². The van der Waals surface area contributed by atoms with Gasteiger partial charge in [-0.25, -0.2) is 8.78 Å². The molecule has 19 heavy (non-hydrogen) atoms. The minimum atomic E-state index is -2.86. The van der Waals surface area contributed by atoms with E-state index in [2.05, 4.69) is 0 Å². The van der Waals surface area contributed by atoms with E-state index in [-0.39, 0.29) is 36.0 Å². The largest absolute Gasteiger partial charge is 0.466 e. The van der Waals surface area contributed by atoms with Gasteiger partial charge in [-0.05, 0) is 12.5 Å². The van der Waals surface area contributed by atoms with Crippen LogP contribution in [-0.2, 0) is 16.0 Å². The second-order valence-corrected chi connectivity index (χ2v) is 3.61. The predicted molar refractivity (Wildman–Crippen MR) is 61.8 cm³/mol. The summed E-state index contributed by atoms with van der Waals surface area (Å²) in [6, 6.07) is 3.97. The summed E-state index contributed by atoms with van der Waals surface area (Å²) in [5.74, 6) is -0.583. The van der Waals surface area contributed by atoms with Crippen molar-refractivity contribution in [1.29, 1.82) is 5.26 Å². The van der Waals surface area contributed by atoms with Gasteiger partial charge in [0.1, 0.15) is 6.07 Å². The molecule has 0 N–H and O–H groups in total. The van der Waals surface area contributed by atoms with Gasteiger partial charge in [0.2, 0.25) is 0 Å². The van der Waals surface area contributed by atoms with Crippen LogP contribution < -0.4 is 0 Å². The number of ether oxygens (including phenoxy) is 1. The van der Waals surface area contributed by atoms with E-state index < -0.39 is 18.0 Å². The standard InChI is InChI=1S/C13H11F2NO3/c1-2-19-12(18)5-8-3-4-9(13(14)15)11(7-17)10(8)6-16/h3-4,7,13H,2,5H2,1H3. The van der Waals surface area contributed by atoms with Gasteiger partial charge >= 0.3 is 5.97 Å². The van der Waals surface area contributed by atoms with Gasteiger partial charge in [-0.15, -0.1) is 0 Å².